The zero-order valence-corrected chi connectivity index (χ0v) is 12.5. The van der Waals surface area contributed by atoms with Crippen molar-refractivity contribution in [2.24, 2.45) is 0 Å². The molecule has 0 unspecified atom stereocenters. The summed E-state index contributed by atoms with van der Waals surface area (Å²) in [4.78, 5) is 13.9. The van der Waals surface area contributed by atoms with E-state index in [-0.39, 0.29) is 12.1 Å². The number of benzene rings is 1. The van der Waals surface area contributed by atoms with Crippen LogP contribution in [0.25, 0.3) is 0 Å². The molecule has 0 bridgehead atoms. The number of methoxy groups -OCH3 is 1. The van der Waals surface area contributed by atoms with E-state index in [2.05, 4.69) is 34.2 Å². The highest BCUT2D eigenvalue weighted by Crippen LogP contribution is 2.22. The van der Waals surface area contributed by atoms with E-state index < -0.39 is 0 Å². The van der Waals surface area contributed by atoms with E-state index in [9.17, 15) is 4.79 Å². The van der Waals surface area contributed by atoms with Crippen molar-refractivity contribution in [3.05, 3.63) is 36.9 Å². The van der Waals surface area contributed by atoms with E-state index in [1.807, 2.05) is 12.1 Å². The average molecular weight is 289 g/mol. The Kier molecular flexibility index (Phi) is 5.49. The number of rotatable bonds is 5. The van der Waals surface area contributed by atoms with Gasteiger partial charge in [0.05, 0.1) is 7.11 Å². The summed E-state index contributed by atoms with van der Waals surface area (Å²) in [6.07, 6.45) is 3.58. The number of hydrogen-bond donors (Lipinski definition) is 2. The van der Waals surface area contributed by atoms with E-state index in [0.29, 0.717) is 6.54 Å². The number of nitrogens with zero attached hydrogens (tertiary/aromatic N) is 1. The summed E-state index contributed by atoms with van der Waals surface area (Å²) in [6, 6.07) is 8.22. The molecule has 2 N–H and O–H groups in total. The van der Waals surface area contributed by atoms with Crippen molar-refractivity contribution in [3.8, 4) is 5.75 Å². The highest BCUT2D eigenvalue weighted by atomic mass is 16.5. The first-order chi connectivity index (χ1) is 10.2. The second-order valence-electron chi connectivity index (χ2n) is 5.10. The zero-order valence-electron chi connectivity index (χ0n) is 12.5. The lowest BCUT2D eigenvalue weighted by Gasteiger charge is -2.34. The van der Waals surface area contributed by atoms with Crippen LogP contribution in [0.15, 0.2) is 36.9 Å². The Hall–Kier alpha value is -2.17. The summed E-state index contributed by atoms with van der Waals surface area (Å²) in [5.41, 5.74) is 1.20. The smallest absolute Gasteiger partial charge is 0.315 e. The quantitative estimate of drug-likeness (QED) is 0.817. The molecular weight excluding hydrogens is 266 g/mol. The van der Waals surface area contributed by atoms with Gasteiger partial charge in [0, 0.05) is 31.4 Å². The molecule has 114 valence electrons. The number of carbonyl (C=O) groups is 1. The lowest BCUT2D eigenvalue weighted by atomic mass is 10.0. The van der Waals surface area contributed by atoms with E-state index in [4.69, 9.17) is 4.74 Å². The van der Waals surface area contributed by atoms with E-state index in [1.54, 1.807) is 13.2 Å². The van der Waals surface area contributed by atoms with Crippen molar-refractivity contribution >= 4 is 11.7 Å². The van der Waals surface area contributed by atoms with Crippen LogP contribution >= 0.6 is 0 Å². The molecule has 1 heterocycles. The number of anilines is 1. The largest absolute Gasteiger partial charge is 0.497 e. The molecule has 1 saturated heterocycles. The lowest BCUT2D eigenvalue weighted by molar-refractivity contribution is 0.235. The normalized spacial score (nSPS) is 15.4. The van der Waals surface area contributed by atoms with Crippen LogP contribution in [-0.2, 0) is 0 Å². The molecule has 0 atom stereocenters. The first-order valence-electron chi connectivity index (χ1n) is 7.27. The highest BCUT2D eigenvalue weighted by molar-refractivity contribution is 5.74. The third-order valence-electron chi connectivity index (χ3n) is 3.67. The molecule has 1 aromatic carbocycles. The van der Waals surface area contributed by atoms with Gasteiger partial charge in [0.25, 0.3) is 0 Å². The molecule has 0 saturated carbocycles. The van der Waals surface area contributed by atoms with Crippen molar-refractivity contribution in [1.29, 1.82) is 0 Å². The molecule has 2 rings (SSSR count). The molecule has 0 aliphatic carbocycles. The van der Waals surface area contributed by atoms with Gasteiger partial charge in [-0.25, -0.2) is 4.79 Å². The number of hydrogen-bond acceptors (Lipinski definition) is 3. The molecule has 5 heteroatoms. The number of urea groups is 1. The molecule has 1 aliphatic heterocycles. The number of carbonyl (C=O) groups excluding carboxylic acids is 1. The van der Waals surface area contributed by atoms with Gasteiger partial charge in [0.1, 0.15) is 5.75 Å². The summed E-state index contributed by atoms with van der Waals surface area (Å²) in [6.45, 7) is 5.96. The van der Waals surface area contributed by atoms with Crippen molar-refractivity contribution in [2.75, 3.05) is 31.6 Å². The van der Waals surface area contributed by atoms with Crippen LogP contribution in [0.1, 0.15) is 12.8 Å². The first-order valence-corrected chi connectivity index (χ1v) is 7.27. The van der Waals surface area contributed by atoms with Crippen LogP contribution in [0.3, 0.4) is 0 Å². The summed E-state index contributed by atoms with van der Waals surface area (Å²) in [5.74, 6) is 0.870. The summed E-state index contributed by atoms with van der Waals surface area (Å²) in [7, 11) is 1.67. The van der Waals surface area contributed by atoms with Crippen LogP contribution in [0.4, 0.5) is 10.5 Å². The van der Waals surface area contributed by atoms with Gasteiger partial charge in [-0.1, -0.05) is 6.08 Å². The van der Waals surface area contributed by atoms with Gasteiger partial charge in [-0.3, -0.25) is 0 Å². The minimum Gasteiger partial charge on any atom is -0.497 e. The standard InChI is InChI=1S/C16H23N3O2/c1-3-10-17-16(20)18-13-8-11-19(12-9-13)14-4-6-15(21-2)7-5-14/h3-7,13H,1,8-12H2,2H3,(H2,17,18,20). The maximum atomic E-state index is 11.6. The predicted octanol–water partition coefficient (Wildman–Crippen LogP) is 2.15. The number of nitrogens with one attached hydrogen (secondary N) is 2. The fourth-order valence-corrected chi connectivity index (χ4v) is 2.48. The van der Waals surface area contributed by atoms with E-state index >= 15 is 0 Å². The topological polar surface area (TPSA) is 53.6 Å². The van der Waals surface area contributed by atoms with Gasteiger partial charge in [0.15, 0.2) is 0 Å². The summed E-state index contributed by atoms with van der Waals surface area (Å²) in [5, 5.41) is 5.74. The summed E-state index contributed by atoms with van der Waals surface area (Å²) >= 11 is 0. The third-order valence-corrected chi connectivity index (χ3v) is 3.67. The van der Waals surface area contributed by atoms with E-state index in [0.717, 1.165) is 31.7 Å². The molecule has 5 nitrogen and oxygen atoms in total. The van der Waals surface area contributed by atoms with Crippen molar-refractivity contribution in [3.63, 3.8) is 0 Å². The maximum absolute atomic E-state index is 11.6. The van der Waals surface area contributed by atoms with Crippen LogP contribution in [0.2, 0.25) is 0 Å². The van der Waals surface area contributed by atoms with Gasteiger partial charge in [-0.15, -0.1) is 6.58 Å². The lowest BCUT2D eigenvalue weighted by Crippen LogP contribution is -2.48. The van der Waals surface area contributed by atoms with E-state index in [1.165, 1.54) is 5.69 Å². The predicted molar refractivity (Wildman–Crippen MR) is 85.0 cm³/mol. The molecule has 21 heavy (non-hydrogen) atoms. The van der Waals surface area contributed by atoms with Crippen LogP contribution < -0.4 is 20.3 Å². The number of ether oxygens (including phenoxy) is 1. The van der Waals surface area contributed by atoms with Crippen LogP contribution in [-0.4, -0.2) is 38.8 Å². The van der Waals surface area contributed by atoms with Gasteiger partial charge < -0.3 is 20.3 Å². The maximum Gasteiger partial charge on any atom is 0.315 e. The average Bonchev–Trinajstić information content (AvgIpc) is 2.54. The highest BCUT2D eigenvalue weighted by Gasteiger charge is 2.20. The first kappa shape index (κ1) is 15.2. The van der Waals surface area contributed by atoms with Crippen molar-refractivity contribution in [2.45, 2.75) is 18.9 Å². The fourth-order valence-electron chi connectivity index (χ4n) is 2.48. The molecule has 0 radical (unpaired) electrons. The molecule has 1 aromatic rings. The Balaban J connectivity index is 1.79. The van der Waals surface area contributed by atoms with Gasteiger partial charge >= 0.3 is 6.03 Å². The second-order valence-corrected chi connectivity index (χ2v) is 5.10. The molecular formula is C16H23N3O2. The van der Waals surface area contributed by atoms with Crippen LogP contribution in [0.5, 0.6) is 5.75 Å². The number of amides is 2. The fraction of sp³-hybridized carbons (Fsp3) is 0.438. The Bertz CT molecular complexity index is 465. The monoisotopic (exact) mass is 289 g/mol. The minimum absolute atomic E-state index is 0.113. The number of piperidine rings is 1. The molecule has 1 aliphatic rings. The Morgan fingerprint density at radius 3 is 2.62 bits per heavy atom. The third kappa shape index (κ3) is 4.41. The van der Waals surface area contributed by atoms with Gasteiger partial charge in [-0.2, -0.15) is 0 Å². The van der Waals surface area contributed by atoms with Gasteiger partial charge in [0.2, 0.25) is 0 Å². The molecule has 0 aromatic heterocycles. The molecule has 1 fully saturated rings. The zero-order chi connectivity index (χ0) is 15.1. The Morgan fingerprint density at radius 2 is 2.05 bits per heavy atom. The molecule has 2 amide bonds. The van der Waals surface area contributed by atoms with Gasteiger partial charge in [-0.05, 0) is 37.1 Å². The minimum atomic E-state index is -0.113. The van der Waals surface area contributed by atoms with Crippen LogP contribution in [0, 0.1) is 0 Å². The van der Waals surface area contributed by atoms with Crippen molar-refractivity contribution in [1.82, 2.24) is 10.6 Å². The summed E-state index contributed by atoms with van der Waals surface area (Å²) < 4.78 is 5.17. The Labute approximate surface area is 126 Å². The SMILES string of the molecule is C=CCNC(=O)NC1CCN(c2ccc(OC)cc2)CC1. The second kappa shape index (κ2) is 7.57. The Morgan fingerprint density at radius 1 is 1.38 bits per heavy atom. The van der Waals surface area contributed by atoms with Crippen molar-refractivity contribution < 1.29 is 9.53 Å². The molecule has 0 spiro atoms.